The lowest BCUT2D eigenvalue weighted by atomic mass is 10.1. The van der Waals surface area contributed by atoms with Crippen molar-refractivity contribution in [1.82, 2.24) is 0 Å². The molecule has 6 nitrogen and oxygen atoms in total. The zero-order valence-corrected chi connectivity index (χ0v) is 15.9. The van der Waals surface area contributed by atoms with E-state index in [1.165, 1.54) is 25.3 Å². The zero-order valence-electron chi connectivity index (χ0n) is 15.9. The number of amides is 2. The van der Waals surface area contributed by atoms with Crippen LogP contribution in [0.2, 0.25) is 0 Å². The SMILES string of the molecule is COc1ccccc1NC(=O)c1oc2ccccc2c1NC(=O)c1ccccc1F. The number of nitrogens with one attached hydrogen (secondary N) is 2. The highest BCUT2D eigenvalue weighted by atomic mass is 19.1. The van der Waals surface area contributed by atoms with E-state index in [0.29, 0.717) is 22.4 Å². The Morgan fingerprint density at radius 1 is 0.867 bits per heavy atom. The van der Waals surface area contributed by atoms with E-state index in [2.05, 4.69) is 10.6 Å². The fourth-order valence-corrected chi connectivity index (χ4v) is 3.08. The van der Waals surface area contributed by atoms with Gasteiger partial charge in [0.2, 0.25) is 5.76 Å². The van der Waals surface area contributed by atoms with Crippen LogP contribution >= 0.6 is 0 Å². The van der Waals surface area contributed by atoms with Crippen LogP contribution in [-0.2, 0) is 0 Å². The summed E-state index contributed by atoms with van der Waals surface area (Å²) in [7, 11) is 1.49. The van der Waals surface area contributed by atoms with E-state index in [1.807, 2.05) is 0 Å². The highest BCUT2D eigenvalue weighted by Gasteiger charge is 2.24. The molecule has 0 aliphatic rings. The Balaban J connectivity index is 1.72. The topological polar surface area (TPSA) is 80.6 Å². The Kier molecular flexibility index (Phi) is 5.17. The summed E-state index contributed by atoms with van der Waals surface area (Å²) in [4.78, 5) is 25.6. The number of furan rings is 1. The molecule has 1 heterocycles. The summed E-state index contributed by atoms with van der Waals surface area (Å²) in [6, 6.07) is 19.4. The Morgan fingerprint density at radius 2 is 1.57 bits per heavy atom. The van der Waals surface area contributed by atoms with Gasteiger partial charge < -0.3 is 19.8 Å². The molecular formula is C23H17FN2O4. The summed E-state index contributed by atoms with van der Waals surface area (Å²) in [6.07, 6.45) is 0. The molecule has 0 saturated carbocycles. The molecule has 0 spiro atoms. The van der Waals surface area contributed by atoms with Crippen molar-refractivity contribution in [2.75, 3.05) is 17.7 Å². The predicted molar refractivity (Wildman–Crippen MR) is 112 cm³/mol. The molecule has 150 valence electrons. The van der Waals surface area contributed by atoms with E-state index in [1.54, 1.807) is 54.6 Å². The molecule has 3 aromatic carbocycles. The first-order valence-electron chi connectivity index (χ1n) is 9.10. The minimum atomic E-state index is -0.689. The lowest BCUT2D eigenvalue weighted by Gasteiger charge is -2.10. The van der Waals surface area contributed by atoms with Gasteiger partial charge in [-0.15, -0.1) is 0 Å². The van der Waals surface area contributed by atoms with Crippen LogP contribution in [-0.4, -0.2) is 18.9 Å². The van der Waals surface area contributed by atoms with Crippen molar-refractivity contribution in [3.63, 3.8) is 0 Å². The number of ether oxygens (including phenoxy) is 1. The van der Waals surface area contributed by atoms with Crippen LogP contribution in [0.15, 0.2) is 77.2 Å². The van der Waals surface area contributed by atoms with E-state index in [9.17, 15) is 14.0 Å². The fourth-order valence-electron chi connectivity index (χ4n) is 3.08. The molecule has 0 radical (unpaired) electrons. The largest absolute Gasteiger partial charge is 0.495 e. The van der Waals surface area contributed by atoms with Gasteiger partial charge in [0.15, 0.2) is 0 Å². The Morgan fingerprint density at radius 3 is 2.37 bits per heavy atom. The van der Waals surface area contributed by atoms with Crippen LogP contribution in [0.1, 0.15) is 20.9 Å². The monoisotopic (exact) mass is 404 g/mol. The molecule has 7 heteroatoms. The molecule has 0 fully saturated rings. The summed E-state index contributed by atoms with van der Waals surface area (Å²) < 4.78 is 25.0. The standard InChI is InChI=1S/C23H17FN2O4/c1-29-19-13-7-5-11-17(19)25-23(28)21-20(15-9-3-6-12-18(15)30-21)26-22(27)14-8-2-4-10-16(14)24/h2-13H,1H3,(H,25,28)(H,26,27). The van der Waals surface area contributed by atoms with Crippen molar-refractivity contribution >= 4 is 34.2 Å². The van der Waals surface area contributed by atoms with Gasteiger partial charge in [-0.25, -0.2) is 4.39 Å². The molecule has 30 heavy (non-hydrogen) atoms. The number of carbonyl (C=O) groups excluding carboxylic acids is 2. The summed E-state index contributed by atoms with van der Waals surface area (Å²) in [6.45, 7) is 0. The lowest BCUT2D eigenvalue weighted by Crippen LogP contribution is -2.18. The summed E-state index contributed by atoms with van der Waals surface area (Å²) >= 11 is 0. The third-order valence-electron chi connectivity index (χ3n) is 4.51. The Bertz CT molecular complexity index is 1250. The first-order valence-corrected chi connectivity index (χ1v) is 9.10. The third-order valence-corrected chi connectivity index (χ3v) is 4.51. The first kappa shape index (κ1) is 19.2. The third kappa shape index (κ3) is 3.60. The number of carbonyl (C=O) groups is 2. The zero-order chi connectivity index (χ0) is 21.1. The molecule has 2 N–H and O–H groups in total. The van der Waals surface area contributed by atoms with Crippen LogP contribution < -0.4 is 15.4 Å². The maximum absolute atomic E-state index is 14.0. The van der Waals surface area contributed by atoms with Crippen molar-refractivity contribution < 1.29 is 23.1 Å². The molecule has 0 atom stereocenters. The number of methoxy groups -OCH3 is 1. The Labute approximate surface area is 171 Å². The Hall–Kier alpha value is -4.13. The van der Waals surface area contributed by atoms with E-state index in [4.69, 9.17) is 9.15 Å². The average Bonchev–Trinajstić information content (AvgIpc) is 3.13. The molecule has 0 unspecified atom stereocenters. The van der Waals surface area contributed by atoms with Crippen LogP contribution in [0.25, 0.3) is 11.0 Å². The van der Waals surface area contributed by atoms with Crippen molar-refractivity contribution in [1.29, 1.82) is 0 Å². The van der Waals surface area contributed by atoms with Crippen LogP contribution in [0.3, 0.4) is 0 Å². The number of rotatable bonds is 5. The predicted octanol–water partition coefficient (Wildman–Crippen LogP) is 5.09. The van der Waals surface area contributed by atoms with Crippen molar-refractivity contribution in [3.8, 4) is 5.75 Å². The van der Waals surface area contributed by atoms with Gasteiger partial charge in [-0.1, -0.05) is 36.4 Å². The van der Waals surface area contributed by atoms with Crippen LogP contribution in [0.4, 0.5) is 15.8 Å². The first-order chi connectivity index (χ1) is 14.6. The fraction of sp³-hybridized carbons (Fsp3) is 0.0435. The van der Waals surface area contributed by atoms with Crippen molar-refractivity contribution in [2.24, 2.45) is 0 Å². The van der Waals surface area contributed by atoms with Gasteiger partial charge in [0.05, 0.1) is 18.4 Å². The second kappa shape index (κ2) is 8.08. The molecule has 0 aliphatic carbocycles. The molecule has 4 aromatic rings. The van der Waals surface area contributed by atoms with E-state index in [-0.39, 0.29) is 17.0 Å². The van der Waals surface area contributed by atoms with Gasteiger partial charge >= 0.3 is 0 Å². The molecule has 2 amide bonds. The number of fused-ring (bicyclic) bond motifs is 1. The van der Waals surface area contributed by atoms with E-state index >= 15 is 0 Å². The van der Waals surface area contributed by atoms with Gasteiger partial charge in [0.25, 0.3) is 11.8 Å². The van der Waals surface area contributed by atoms with E-state index in [0.717, 1.165) is 0 Å². The van der Waals surface area contributed by atoms with Crippen LogP contribution in [0, 0.1) is 5.82 Å². The molecule has 0 aliphatic heterocycles. The van der Waals surface area contributed by atoms with Gasteiger partial charge in [0, 0.05) is 5.39 Å². The van der Waals surface area contributed by atoms with Gasteiger partial charge in [0.1, 0.15) is 22.8 Å². The van der Waals surface area contributed by atoms with Gasteiger partial charge in [-0.05, 0) is 36.4 Å². The number of para-hydroxylation sites is 3. The highest BCUT2D eigenvalue weighted by Crippen LogP contribution is 2.33. The minimum Gasteiger partial charge on any atom is -0.495 e. The number of halogens is 1. The maximum Gasteiger partial charge on any atom is 0.293 e. The molecule has 4 rings (SSSR count). The van der Waals surface area contributed by atoms with Crippen LogP contribution in [0.5, 0.6) is 5.75 Å². The molecular weight excluding hydrogens is 387 g/mol. The number of hydrogen-bond donors (Lipinski definition) is 2. The molecule has 0 saturated heterocycles. The number of hydrogen-bond acceptors (Lipinski definition) is 4. The molecule has 0 bridgehead atoms. The molecule has 1 aromatic heterocycles. The number of benzene rings is 3. The second-order valence-corrected chi connectivity index (χ2v) is 6.39. The average molecular weight is 404 g/mol. The number of anilines is 2. The normalized spacial score (nSPS) is 10.6. The maximum atomic E-state index is 14.0. The smallest absolute Gasteiger partial charge is 0.293 e. The summed E-state index contributed by atoms with van der Waals surface area (Å²) in [5.74, 6) is -1.57. The minimum absolute atomic E-state index is 0.105. The van der Waals surface area contributed by atoms with Gasteiger partial charge in [-0.2, -0.15) is 0 Å². The lowest BCUT2D eigenvalue weighted by molar-refractivity contribution is 0.0999. The van der Waals surface area contributed by atoms with Crippen molar-refractivity contribution in [3.05, 3.63) is 89.9 Å². The quantitative estimate of drug-likeness (QED) is 0.486. The van der Waals surface area contributed by atoms with Crippen molar-refractivity contribution in [2.45, 2.75) is 0 Å². The summed E-state index contributed by atoms with van der Waals surface area (Å²) in [5.41, 5.74) is 0.869. The summed E-state index contributed by atoms with van der Waals surface area (Å²) in [5, 5.41) is 5.86. The highest BCUT2D eigenvalue weighted by molar-refractivity contribution is 6.17. The van der Waals surface area contributed by atoms with Gasteiger partial charge in [-0.3, -0.25) is 9.59 Å². The van der Waals surface area contributed by atoms with E-state index < -0.39 is 17.6 Å². The second-order valence-electron chi connectivity index (χ2n) is 6.39.